The van der Waals surface area contributed by atoms with Gasteiger partial charge in [0.15, 0.2) is 0 Å². The molecule has 3 heterocycles. The van der Waals surface area contributed by atoms with Gasteiger partial charge in [-0.3, -0.25) is 18.7 Å². The van der Waals surface area contributed by atoms with Gasteiger partial charge in [0.05, 0.1) is 11.1 Å². The van der Waals surface area contributed by atoms with E-state index in [4.69, 9.17) is 0 Å². The van der Waals surface area contributed by atoms with Gasteiger partial charge in [0.25, 0.3) is 5.56 Å². The van der Waals surface area contributed by atoms with Crippen LogP contribution in [0.1, 0.15) is 37.3 Å². The summed E-state index contributed by atoms with van der Waals surface area (Å²) in [4.78, 5) is 45.5. The van der Waals surface area contributed by atoms with Crippen LogP contribution in [0.3, 0.4) is 0 Å². The Morgan fingerprint density at radius 1 is 1.16 bits per heavy atom. The smallest absolute Gasteiger partial charge is 0.311 e. The molecule has 0 atom stereocenters. The third-order valence-corrected chi connectivity index (χ3v) is 6.94. The van der Waals surface area contributed by atoms with Crippen LogP contribution >= 0.6 is 11.8 Å². The number of para-hydroxylation sites is 1. The summed E-state index contributed by atoms with van der Waals surface area (Å²) in [5.41, 5.74) is 2.61. The first kappa shape index (κ1) is 21.4. The Labute approximate surface area is 184 Å². The van der Waals surface area contributed by atoms with Crippen molar-refractivity contribution in [2.24, 2.45) is 14.1 Å². The molecule has 3 aromatic rings. The number of hydrogen-bond donors (Lipinski definition) is 0. The van der Waals surface area contributed by atoms with Crippen LogP contribution in [0, 0.1) is 0 Å². The molecule has 1 aliphatic heterocycles. The van der Waals surface area contributed by atoms with Crippen LogP contribution in [0.5, 0.6) is 0 Å². The Kier molecular flexibility index (Phi) is 5.75. The molecular weight excluding hydrogens is 412 g/mol. The molecule has 0 radical (unpaired) electrons. The zero-order chi connectivity index (χ0) is 22.3. The maximum Gasteiger partial charge on any atom is 0.332 e. The quantitative estimate of drug-likeness (QED) is 0.586. The third kappa shape index (κ3) is 3.69. The highest BCUT2D eigenvalue weighted by Crippen LogP contribution is 2.34. The fourth-order valence-corrected chi connectivity index (χ4v) is 5.29. The van der Waals surface area contributed by atoms with E-state index in [-0.39, 0.29) is 23.1 Å². The van der Waals surface area contributed by atoms with Crippen molar-refractivity contribution in [1.82, 2.24) is 14.1 Å². The number of aryl methyl sites for hydroxylation is 2. The van der Waals surface area contributed by atoms with Crippen LogP contribution in [0.2, 0.25) is 0 Å². The molecule has 0 unspecified atom stereocenters. The lowest BCUT2D eigenvalue weighted by atomic mass is 10.0. The number of nitrogens with zero attached hydrogens (tertiary/aromatic N) is 4. The summed E-state index contributed by atoms with van der Waals surface area (Å²) in [7, 11) is 3.08. The van der Waals surface area contributed by atoms with Gasteiger partial charge in [-0.15, -0.1) is 11.8 Å². The lowest BCUT2D eigenvalue weighted by Crippen LogP contribution is -2.38. The van der Waals surface area contributed by atoms with Crippen molar-refractivity contribution in [3.8, 4) is 0 Å². The maximum atomic E-state index is 13.2. The number of aromatic nitrogens is 3. The fraction of sp³-hybridized carbons (Fsp3) is 0.391. The minimum Gasteiger partial charge on any atom is -0.311 e. The molecular formula is C23H26N4O3S. The van der Waals surface area contributed by atoms with Gasteiger partial charge < -0.3 is 4.90 Å². The topological polar surface area (TPSA) is 77.2 Å². The number of rotatable bonds is 4. The van der Waals surface area contributed by atoms with Crippen molar-refractivity contribution in [3.63, 3.8) is 0 Å². The van der Waals surface area contributed by atoms with Gasteiger partial charge in [-0.25, -0.2) is 9.78 Å². The van der Waals surface area contributed by atoms with Crippen LogP contribution < -0.4 is 16.1 Å². The monoisotopic (exact) mass is 438 g/mol. The van der Waals surface area contributed by atoms with Gasteiger partial charge >= 0.3 is 5.69 Å². The highest BCUT2D eigenvalue weighted by atomic mass is 32.2. The summed E-state index contributed by atoms with van der Waals surface area (Å²) >= 11 is 1.36. The molecule has 0 spiro atoms. The number of hydrogen-bond acceptors (Lipinski definition) is 5. The number of amides is 1. The van der Waals surface area contributed by atoms with Crippen molar-refractivity contribution < 1.29 is 4.79 Å². The van der Waals surface area contributed by atoms with Crippen molar-refractivity contribution >= 4 is 34.4 Å². The first-order chi connectivity index (χ1) is 14.8. The summed E-state index contributed by atoms with van der Waals surface area (Å²) < 4.78 is 2.48. The largest absolute Gasteiger partial charge is 0.332 e. The van der Waals surface area contributed by atoms with Gasteiger partial charge in [-0.1, -0.05) is 32.0 Å². The Morgan fingerprint density at radius 2 is 1.90 bits per heavy atom. The molecule has 7 nitrogen and oxygen atoms in total. The molecule has 0 N–H and O–H groups in total. The van der Waals surface area contributed by atoms with Crippen LogP contribution in [0.4, 0.5) is 5.69 Å². The number of carbonyl (C=O) groups is 1. The summed E-state index contributed by atoms with van der Waals surface area (Å²) in [5, 5.41) is 0.396. The fourth-order valence-electron chi connectivity index (χ4n) is 4.09. The molecule has 1 amide bonds. The number of carbonyl (C=O) groups excluding carboxylic acids is 1. The Bertz CT molecular complexity index is 1290. The lowest BCUT2D eigenvalue weighted by Gasteiger charge is -2.29. The van der Waals surface area contributed by atoms with E-state index >= 15 is 0 Å². The van der Waals surface area contributed by atoms with Gasteiger partial charge in [0.2, 0.25) is 5.91 Å². The van der Waals surface area contributed by atoms with Gasteiger partial charge in [-0.2, -0.15) is 0 Å². The highest BCUT2D eigenvalue weighted by Gasteiger charge is 2.24. The predicted molar refractivity (Wildman–Crippen MR) is 124 cm³/mol. The second kappa shape index (κ2) is 8.34. The summed E-state index contributed by atoms with van der Waals surface area (Å²) in [6, 6.07) is 8.01. The molecule has 0 saturated heterocycles. The highest BCUT2D eigenvalue weighted by molar-refractivity contribution is 8.00. The van der Waals surface area contributed by atoms with Crippen LogP contribution in [0.25, 0.3) is 11.0 Å². The van der Waals surface area contributed by atoms with Gasteiger partial charge in [0.1, 0.15) is 5.65 Å². The molecule has 0 bridgehead atoms. The normalized spacial score (nSPS) is 13.6. The van der Waals surface area contributed by atoms with Crippen LogP contribution in [0.15, 0.2) is 44.9 Å². The van der Waals surface area contributed by atoms with Crippen LogP contribution in [-0.2, 0) is 25.3 Å². The number of pyridine rings is 1. The Hall–Kier alpha value is -2.87. The van der Waals surface area contributed by atoms with Crippen LogP contribution in [-0.4, -0.2) is 32.3 Å². The van der Waals surface area contributed by atoms with E-state index < -0.39 is 5.69 Å². The number of thioether (sulfide) groups is 1. The number of fused-ring (bicyclic) bond motifs is 2. The first-order valence-electron chi connectivity index (χ1n) is 10.4. The van der Waals surface area contributed by atoms with E-state index in [1.807, 2.05) is 36.9 Å². The third-order valence-electron chi connectivity index (χ3n) is 5.82. The second-order valence-corrected chi connectivity index (χ2v) is 9.15. The van der Waals surface area contributed by atoms with E-state index in [0.29, 0.717) is 17.6 Å². The summed E-state index contributed by atoms with van der Waals surface area (Å²) in [6.45, 7) is 4.75. The standard InChI is InChI=1S/C23H26N4O3S/c1-14(2)16-12-24-21-19(22(29)26(4)23(30)25(21)3)20(16)31-13-18(28)27-11-7-9-15-8-5-6-10-17(15)27/h5-6,8,10,12,14H,7,9,11,13H2,1-4H3. The van der Waals surface area contributed by atoms with E-state index in [1.165, 1.54) is 28.9 Å². The number of anilines is 1. The minimum absolute atomic E-state index is 0.0125. The first-order valence-corrected chi connectivity index (χ1v) is 11.4. The average molecular weight is 439 g/mol. The summed E-state index contributed by atoms with van der Waals surface area (Å²) in [5.74, 6) is 0.338. The van der Waals surface area contributed by atoms with Gasteiger partial charge in [0, 0.05) is 37.4 Å². The van der Waals surface area contributed by atoms with E-state index in [0.717, 1.165) is 33.6 Å². The average Bonchev–Trinajstić information content (AvgIpc) is 2.78. The maximum absolute atomic E-state index is 13.2. The molecule has 4 rings (SSSR count). The van der Waals surface area contributed by atoms with E-state index in [1.54, 1.807) is 13.2 Å². The van der Waals surface area contributed by atoms with Crippen molar-refractivity contribution in [3.05, 3.63) is 62.4 Å². The molecule has 0 aliphatic carbocycles. The molecule has 162 valence electrons. The Morgan fingerprint density at radius 3 is 2.65 bits per heavy atom. The van der Waals surface area contributed by atoms with E-state index in [9.17, 15) is 14.4 Å². The van der Waals surface area contributed by atoms with Crippen molar-refractivity contribution in [2.45, 2.75) is 37.5 Å². The molecule has 0 saturated carbocycles. The van der Waals surface area contributed by atoms with E-state index in [2.05, 4.69) is 11.1 Å². The molecule has 8 heteroatoms. The van der Waals surface area contributed by atoms with Crippen molar-refractivity contribution in [1.29, 1.82) is 0 Å². The zero-order valence-corrected chi connectivity index (χ0v) is 19.0. The van der Waals surface area contributed by atoms with Gasteiger partial charge in [-0.05, 0) is 36.0 Å². The summed E-state index contributed by atoms with van der Waals surface area (Å²) in [6.07, 6.45) is 3.63. The number of benzene rings is 1. The second-order valence-electron chi connectivity index (χ2n) is 8.17. The molecule has 0 fully saturated rings. The minimum atomic E-state index is -0.417. The molecule has 2 aromatic heterocycles. The Balaban J connectivity index is 1.75. The predicted octanol–water partition coefficient (Wildman–Crippen LogP) is 2.83. The molecule has 31 heavy (non-hydrogen) atoms. The lowest BCUT2D eigenvalue weighted by molar-refractivity contribution is -0.116. The zero-order valence-electron chi connectivity index (χ0n) is 18.2. The van der Waals surface area contributed by atoms with Crippen molar-refractivity contribution in [2.75, 3.05) is 17.2 Å². The molecule has 1 aliphatic rings. The SMILES string of the molecule is CC(C)c1cnc2c(c1SCC(=O)N1CCCc3ccccc31)c(=O)n(C)c(=O)n2C. The molecule has 1 aromatic carbocycles.